The van der Waals surface area contributed by atoms with Gasteiger partial charge in [0.25, 0.3) is 0 Å². The molecule has 1 fully saturated rings. The maximum absolute atomic E-state index is 9.61. The van der Waals surface area contributed by atoms with Gasteiger partial charge >= 0.3 is 0 Å². The minimum absolute atomic E-state index is 0.215. The summed E-state index contributed by atoms with van der Waals surface area (Å²) in [5.41, 5.74) is 0. The van der Waals surface area contributed by atoms with Gasteiger partial charge in [-0.3, -0.25) is 0 Å². The molecule has 1 heterocycles. The van der Waals surface area contributed by atoms with Gasteiger partial charge in [0.15, 0.2) is 6.29 Å². The summed E-state index contributed by atoms with van der Waals surface area (Å²) in [6, 6.07) is 0. The molecule has 0 aromatic heterocycles. The number of nitrogens with one attached hydrogen (secondary N) is 1. The number of hydrogen-bond acceptors (Lipinski definition) is 6. The van der Waals surface area contributed by atoms with Crippen LogP contribution in [0.4, 0.5) is 0 Å². The molecule has 1 saturated heterocycles. The Morgan fingerprint density at radius 2 is 2.16 bits per heavy atom. The van der Waals surface area contributed by atoms with Crippen LogP contribution in [0.15, 0.2) is 0 Å². The van der Waals surface area contributed by atoms with Crippen molar-refractivity contribution in [2.45, 2.75) is 50.3 Å². The van der Waals surface area contributed by atoms with E-state index in [-0.39, 0.29) is 13.0 Å². The van der Waals surface area contributed by atoms with Gasteiger partial charge in [0.05, 0.1) is 17.7 Å². The minimum Gasteiger partial charge on any atom is -0.394 e. The molecule has 0 saturated carbocycles. The quantitative estimate of drug-likeness (QED) is 0.373. The van der Waals surface area contributed by atoms with E-state index in [0.717, 1.165) is 24.3 Å². The smallest absolute Gasteiger partial charge is 0.160 e. The lowest BCUT2D eigenvalue weighted by Gasteiger charge is -2.36. The normalized spacial score (nSPS) is 31.2. The van der Waals surface area contributed by atoms with Crippen molar-refractivity contribution >= 4 is 17.2 Å². The van der Waals surface area contributed by atoms with Crippen LogP contribution in [-0.4, -0.2) is 65.2 Å². The van der Waals surface area contributed by atoms with E-state index in [1.165, 1.54) is 0 Å². The van der Waals surface area contributed by atoms with Crippen molar-refractivity contribution in [2.75, 3.05) is 20.3 Å². The largest absolute Gasteiger partial charge is 0.394 e. The van der Waals surface area contributed by atoms with E-state index in [1.807, 2.05) is 0 Å². The number of aliphatic hydroxyl groups excluding tert-OH is 3. The van der Waals surface area contributed by atoms with E-state index in [2.05, 4.69) is 5.32 Å². The number of hydrogen-bond donors (Lipinski definition) is 4. The number of aliphatic hydroxyl groups is 3. The van der Waals surface area contributed by atoms with Gasteiger partial charge < -0.3 is 30.1 Å². The summed E-state index contributed by atoms with van der Waals surface area (Å²) < 4.78 is 10.8. The first-order valence-electron chi connectivity index (χ1n) is 6.53. The molecule has 1 rings (SSSR count). The minimum atomic E-state index is -1.06. The van der Waals surface area contributed by atoms with Crippen LogP contribution < -0.4 is 5.32 Å². The fourth-order valence-corrected chi connectivity index (χ4v) is 2.05. The van der Waals surface area contributed by atoms with Gasteiger partial charge in [-0.05, 0) is 19.3 Å². The van der Waals surface area contributed by atoms with Crippen molar-refractivity contribution in [1.29, 1.82) is 0 Å². The molecule has 0 aromatic rings. The second-order valence-corrected chi connectivity index (χ2v) is 5.07. The van der Waals surface area contributed by atoms with E-state index in [4.69, 9.17) is 26.8 Å². The molecule has 112 valence electrons. The van der Waals surface area contributed by atoms with Crippen LogP contribution in [0, 0.1) is 0 Å². The molecule has 19 heavy (non-hydrogen) atoms. The maximum Gasteiger partial charge on any atom is 0.160 e. The van der Waals surface area contributed by atoms with Gasteiger partial charge in [0.2, 0.25) is 0 Å². The summed E-state index contributed by atoms with van der Waals surface area (Å²) in [7, 11) is 1.80. The molecule has 0 aromatic carbocycles. The summed E-state index contributed by atoms with van der Waals surface area (Å²) >= 11 is 5.02. The lowest BCUT2D eigenvalue weighted by Crippen LogP contribution is -2.50. The third-order valence-electron chi connectivity index (χ3n) is 3.10. The Morgan fingerprint density at radius 3 is 2.79 bits per heavy atom. The Morgan fingerprint density at radius 1 is 1.42 bits per heavy atom. The number of unbranched alkanes of at least 4 members (excludes halogenated alkanes) is 1. The lowest BCUT2D eigenvalue weighted by atomic mass is 10.0. The van der Waals surface area contributed by atoms with Gasteiger partial charge in [-0.15, -0.1) is 0 Å². The average molecular weight is 293 g/mol. The van der Waals surface area contributed by atoms with Crippen LogP contribution in [0.3, 0.4) is 0 Å². The van der Waals surface area contributed by atoms with Crippen LogP contribution >= 0.6 is 12.2 Å². The van der Waals surface area contributed by atoms with E-state index < -0.39 is 24.6 Å². The summed E-state index contributed by atoms with van der Waals surface area (Å²) in [6.45, 7) is 0.159. The van der Waals surface area contributed by atoms with Crippen molar-refractivity contribution in [3.63, 3.8) is 0 Å². The van der Waals surface area contributed by atoms with E-state index in [1.54, 1.807) is 7.05 Å². The molecule has 4 atom stereocenters. The van der Waals surface area contributed by atoms with Crippen LogP contribution in [0.2, 0.25) is 0 Å². The monoisotopic (exact) mass is 293 g/mol. The average Bonchev–Trinajstić information content (AvgIpc) is 2.41. The molecule has 4 unspecified atom stereocenters. The van der Waals surface area contributed by atoms with Crippen LogP contribution in [-0.2, 0) is 9.47 Å². The summed E-state index contributed by atoms with van der Waals surface area (Å²) in [5, 5.41) is 31.1. The Balaban J connectivity index is 2.17. The molecular formula is C12H23NO5S. The molecule has 0 radical (unpaired) electrons. The van der Waals surface area contributed by atoms with Crippen molar-refractivity contribution in [3.05, 3.63) is 0 Å². The van der Waals surface area contributed by atoms with Crippen molar-refractivity contribution in [2.24, 2.45) is 0 Å². The Kier molecular flexibility index (Phi) is 7.74. The predicted molar refractivity (Wildman–Crippen MR) is 73.8 cm³/mol. The Bertz CT molecular complexity index is 279. The summed E-state index contributed by atoms with van der Waals surface area (Å²) in [5.74, 6) is 0. The highest BCUT2D eigenvalue weighted by atomic mass is 32.1. The predicted octanol–water partition coefficient (Wildman–Crippen LogP) is -0.451. The fourth-order valence-electron chi connectivity index (χ4n) is 1.90. The zero-order valence-corrected chi connectivity index (χ0v) is 11.9. The lowest BCUT2D eigenvalue weighted by molar-refractivity contribution is -0.256. The second kappa shape index (κ2) is 8.78. The highest BCUT2D eigenvalue weighted by molar-refractivity contribution is 7.80. The molecule has 1 aliphatic rings. The number of rotatable bonds is 7. The summed E-state index contributed by atoms with van der Waals surface area (Å²) in [4.78, 5) is 0.827. The SMILES string of the molecule is CNC(=S)CCCCOC1CC(O)C(O)C(CO)O1. The van der Waals surface area contributed by atoms with E-state index in [0.29, 0.717) is 6.61 Å². The maximum atomic E-state index is 9.61. The third kappa shape index (κ3) is 5.68. The molecule has 0 amide bonds. The highest BCUT2D eigenvalue weighted by Crippen LogP contribution is 2.21. The molecule has 0 aliphatic carbocycles. The molecule has 7 heteroatoms. The summed E-state index contributed by atoms with van der Waals surface area (Å²) in [6.07, 6.45) is -0.554. The van der Waals surface area contributed by atoms with Crippen LogP contribution in [0.5, 0.6) is 0 Å². The molecule has 1 aliphatic heterocycles. The second-order valence-electron chi connectivity index (χ2n) is 4.58. The molecule has 4 N–H and O–H groups in total. The first-order valence-corrected chi connectivity index (χ1v) is 6.94. The number of ether oxygens (including phenoxy) is 2. The van der Waals surface area contributed by atoms with Gasteiger partial charge in [-0.25, -0.2) is 0 Å². The fraction of sp³-hybridized carbons (Fsp3) is 0.917. The highest BCUT2D eigenvalue weighted by Gasteiger charge is 2.36. The zero-order valence-electron chi connectivity index (χ0n) is 11.1. The topological polar surface area (TPSA) is 91.2 Å². The first kappa shape index (κ1) is 16.7. The van der Waals surface area contributed by atoms with E-state index in [9.17, 15) is 10.2 Å². The van der Waals surface area contributed by atoms with Gasteiger partial charge in [-0.2, -0.15) is 0 Å². The van der Waals surface area contributed by atoms with Crippen molar-refractivity contribution in [3.8, 4) is 0 Å². The Hall–Kier alpha value is -0.310. The number of thiocarbonyl (C=S) groups is 1. The standard InChI is InChI=1S/C12H23NO5S/c1-13-10(19)4-2-3-5-17-11-6-8(15)12(16)9(7-14)18-11/h8-9,11-12,14-16H,2-7H2,1H3,(H,13,19). The van der Waals surface area contributed by atoms with E-state index >= 15 is 0 Å². The van der Waals surface area contributed by atoms with Gasteiger partial charge in [-0.1, -0.05) is 12.2 Å². The van der Waals surface area contributed by atoms with Crippen LogP contribution in [0.25, 0.3) is 0 Å². The third-order valence-corrected chi connectivity index (χ3v) is 3.50. The van der Waals surface area contributed by atoms with Crippen molar-refractivity contribution in [1.82, 2.24) is 5.32 Å². The molecule has 6 nitrogen and oxygen atoms in total. The zero-order chi connectivity index (χ0) is 14.3. The Labute approximate surface area is 118 Å². The van der Waals surface area contributed by atoms with Crippen molar-refractivity contribution < 1.29 is 24.8 Å². The van der Waals surface area contributed by atoms with Gasteiger partial charge in [0.1, 0.15) is 12.2 Å². The molecule has 0 spiro atoms. The van der Waals surface area contributed by atoms with Gasteiger partial charge in [0, 0.05) is 20.1 Å². The van der Waals surface area contributed by atoms with Crippen LogP contribution in [0.1, 0.15) is 25.7 Å². The molecule has 0 bridgehead atoms. The molecular weight excluding hydrogens is 270 g/mol. The first-order chi connectivity index (χ1) is 9.08.